The number of rotatable bonds is 8. The molecule has 0 amide bonds. The highest BCUT2D eigenvalue weighted by molar-refractivity contribution is 6.17. The van der Waals surface area contributed by atoms with Crippen molar-refractivity contribution in [3.8, 4) is 0 Å². The fraction of sp³-hybridized carbons (Fsp3) is 0.667. The Morgan fingerprint density at radius 1 is 1.27 bits per heavy atom. The van der Waals surface area contributed by atoms with Crippen LogP contribution in [0, 0.1) is 0 Å². The number of alkyl halides is 1. The van der Waals surface area contributed by atoms with Crippen molar-refractivity contribution in [2.45, 2.75) is 44.9 Å². The van der Waals surface area contributed by atoms with E-state index in [-0.39, 0.29) is 5.92 Å². The van der Waals surface area contributed by atoms with E-state index in [9.17, 15) is 0 Å². The number of hydrogen-bond donors (Lipinski definition) is 2. The number of unbranched alkanes of at least 4 members (excludes halogenated alkanes) is 2. The average Bonchev–Trinajstić information content (AvgIpc) is 2.87. The molecule has 0 aromatic carbocycles. The summed E-state index contributed by atoms with van der Waals surface area (Å²) < 4.78 is 5.40. The standard InChI is InChI=1S/C15H24ClN5O/c1-3-4-9-18-15-20-11-10(7-5-6-8-16)14(22-2)19-12(11)13(17)21-15/h10H,3-9H2,1-2H3,(H3,17,18,20,21). The topological polar surface area (TPSA) is 85.4 Å². The van der Waals surface area contributed by atoms with Gasteiger partial charge in [-0.1, -0.05) is 19.8 Å². The first-order valence-corrected chi connectivity index (χ1v) is 8.34. The van der Waals surface area contributed by atoms with Crippen LogP contribution in [0.1, 0.15) is 50.6 Å². The third kappa shape index (κ3) is 3.80. The van der Waals surface area contributed by atoms with Crippen molar-refractivity contribution in [2.24, 2.45) is 4.99 Å². The Kier molecular flexibility index (Phi) is 6.24. The van der Waals surface area contributed by atoms with E-state index in [1.807, 2.05) is 0 Å². The molecule has 122 valence electrons. The highest BCUT2D eigenvalue weighted by atomic mass is 35.5. The van der Waals surface area contributed by atoms with Crippen LogP contribution in [-0.2, 0) is 4.74 Å². The number of methoxy groups -OCH3 is 1. The lowest BCUT2D eigenvalue weighted by Gasteiger charge is -2.13. The van der Waals surface area contributed by atoms with Gasteiger partial charge in [0.2, 0.25) is 5.95 Å². The second-order valence-electron chi connectivity index (χ2n) is 5.34. The number of nitrogens with two attached hydrogens (primary N) is 1. The first-order valence-electron chi connectivity index (χ1n) is 7.81. The summed E-state index contributed by atoms with van der Waals surface area (Å²) in [6.07, 6.45) is 5.05. The van der Waals surface area contributed by atoms with Gasteiger partial charge < -0.3 is 15.8 Å². The van der Waals surface area contributed by atoms with Crippen LogP contribution in [-0.4, -0.2) is 35.4 Å². The zero-order valence-corrected chi connectivity index (χ0v) is 14.0. The third-order valence-corrected chi connectivity index (χ3v) is 3.95. The van der Waals surface area contributed by atoms with Crippen molar-refractivity contribution in [2.75, 3.05) is 30.6 Å². The maximum Gasteiger partial charge on any atom is 0.225 e. The molecule has 1 unspecified atom stereocenters. The largest absolute Gasteiger partial charge is 0.484 e. The Hall–Kier alpha value is -1.56. The fourth-order valence-corrected chi connectivity index (χ4v) is 2.69. The minimum atomic E-state index is 0.0419. The molecule has 7 heteroatoms. The van der Waals surface area contributed by atoms with E-state index in [0.717, 1.165) is 44.3 Å². The first kappa shape index (κ1) is 16.8. The van der Waals surface area contributed by atoms with Gasteiger partial charge in [-0.05, 0) is 19.3 Å². The molecule has 0 fully saturated rings. The van der Waals surface area contributed by atoms with E-state index in [2.05, 4.69) is 27.2 Å². The summed E-state index contributed by atoms with van der Waals surface area (Å²) >= 11 is 5.76. The maximum atomic E-state index is 6.04. The van der Waals surface area contributed by atoms with Crippen LogP contribution in [0.3, 0.4) is 0 Å². The number of hydrogen-bond acceptors (Lipinski definition) is 6. The van der Waals surface area contributed by atoms with Gasteiger partial charge in [-0.15, -0.1) is 11.6 Å². The average molecular weight is 326 g/mol. The van der Waals surface area contributed by atoms with Crippen molar-refractivity contribution in [3.05, 3.63) is 5.69 Å². The highest BCUT2D eigenvalue weighted by Crippen LogP contribution is 2.40. The van der Waals surface area contributed by atoms with Crippen LogP contribution in [0.4, 0.5) is 17.5 Å². The summed E-state index contributed by atoms with van der Waals surface area (Å²) in [5, 5.41) is 3.22. The zero-order valence-electron chi connectivity index (χ0n) is 13.2. The Balaban J connectivity index is 2.19. The van der Waals surface area contributed by atoms with Crippen molar-refractivity contribution in [1.29, 1.82) is 0 Å². The summed E-state index contributed by atoms with van der Waals surface area (Å²) in [5.74, 6) is 2.34. The first-order chi connectivity index (χ1) is 10.7. The van der Waals surface area contributed by atoms with E-state index in [1.165, 1.54) is 0 Å². The number of nitrogen functional groups attached to an aromatic ring is 1. The molecule has 1 aliphatic heterocycles. The Bertz CT molecular complexity index is 535. The Morgan fingerprint density at radius 3 is 2.77 bits per heavy atom. The molecule has 3 N–H and O–H groups in total. The molecule has 0 radical (unpaired) electrons. The molecule has 0 aliphatic carbocycles. The van der Waals surface area contributed by atoms with Gasteiger partial charge in [0.15, 0.2) is 11.7 Å². The molecule has 0 bridgehead atoms. The summed E-state index contributed by atoms with van der Waals surface area (Å²) in [6, 6.07) is 0. The fourth-order valence-electron chi connectivity index (χ4n) is 2.50. The van der Waals surface area contributed by atoms with E-state index in [0.29, 0.717) is 29.2 Å². The van der Waals surface area contributed by atoms with Crippen LogP contribution < -0.4 is 11.1 Å². The second-order valence-corrected chi connectivity index (χ2v) is 5.72. The van der Waals surface area contributed by atoms with Crippen molar-refractivity contribution in [1.82, 2.24) is 9.97 Å². The third-order valence-electron chi connectivity index (χ3n) is 3.69. The van der Waals surface area contributed by atoms with Gasteiger partial charge in [-0.3, -0.25) is 0 Å². The SMILES string of the molecule is CCCCNc1nc(N)c2c(n1)C(CCCCCl)C(OC)=N2. The van der Waals surface area contributed by atoms with E-state index in [4.69, 9.17) is 22.1 Å². The van der Waals surface area contributed by atoms with E-state index in [1.54, 1.807) is 7.11 Å². The molecule has 1 atom stereocenters. The molecule has 0 spiro atoms. The quantitative estimate of drug-likeness (QED) is 0.564. The minimum absolute atomic E-state index is 0.0419. The highest BCUT2D eigenvalue weighted by Gasteiger charge is 2.32. The van der Waals surface area contributed by atoms with Crippen molar-refractivity contribution < 1.29 is 4.74 Å². The molecule has 22 heavy (non-hydrogen) atoms. The summed E-state index contributed by atoms with van der Waals surface area (Å²) in [4.78, 5) is 13.4. The molecular formula is C15H24ClN5O. The lowest BCUT2D eigenvalue weighted by atomic mass is 9.99. The van der Waals surface area contributed by atoms with Crippen LogP contribution in [0.2, 0.25) is 0 Å². The molecule has 1 aromatic heterocycles. The number of halogens is 1. The van der Waals surface area contributed by atoms with Crippen molar-refractivity contribution >= 4 is 35.0 Å². The lowest BCUT2D eigenvalue weighted by molar-refractivity contribution is 0.380. The molecule has 1 aromatic rings. The predicted octanol–water partition coefficient (Wildman–Crippen LogP) is 3.45. The molecule has 6 nitrogen and oxygen atoms in total. The van der Waals surface area contributed by atoms with Crippen LogP contribution in [0.15, 0.2) is 4.99 Å². The zero-order chi connectivity index (χ0) is 15.9. The number of nitrogens with one attached hydrogen (secondary N) is 1. The summed E-state index contributed by atoms with van der Waals surface area (Å²) in [7, 11) is 1.63. The number of anilines is 2. The Labute approximate surface area is 136 Å². The monoisotopic (exact) mass is 325 g/mol. The van der Waals surface area contributed by atoms with Gasteiger partial charge in [-0.2, -0.15) is 4.98 Å². The lowest BCUT2D eigenvalue weighted by Crippen LogP contribution is -2.14. The van der Waals surface area contributed by atoms with Crippen LogP contribution in [0.5, 0.6) is 0 Å². The van der Waals surface area contributed by atoms with Crippen molar-refractivity contribution in [3.63, 3.8) is 0 Å². The van der Waals surface area contributed by atoms with Crippen LogP contribution in [0.25, 0.3) is 0 Å². The van der Waals surface area contributed by atoms with E-state index < -0.39 is 0 Å². The van der Waals surface area contributed by atoms with E-state index >= 15 is 0 Å². The molecular weight excluding hydrogens is 302 g/mol. The molecule has 0 saturated carbocycles. The van der Waals surface area contributed by atoms with Gasteiger partial charge in [0.25, 0.3) is 0 Å². The predicted molar refractivity (Wildman–Crippen MR) is 91.3 cm³/mol. The van der Waals surface area contributed by atoms with Crippen LogP contribution >= 0.6 is 11.6 Å². The van der Waals surface area contributed by atoms with Gasteiger partial charge in [0, 0.05) is 12.4 Å². The van der Waals surface area contributed by atoms with Gasteiger partial charge in [0.05, 0.1) is 18.7 Å². The number of aliphatic imine (C=N–C) groups is 1. The number of nitrogens with zero attached hydrogens (tertiary/aromatic N) is 3. The maximum absolute atomic E-state index is 6.04. The number of ether oxygens (including phenoxy) is 1. The molecule has 2 rings (SSSR count). The van der Waals surface area contributed by atoms with Gasteiger partial charge >= 0.3 is 0 Å². The van der Waals surface area contributed by atoms with Gasteiger partial charge in [-0.25, -0.2) is 9.98 Å². The minimum Gasteiger partial charge on any atom is -0.484 e. The summed E-state index contributed by atoms with van der Waals surface area (Å²) in [5.41, 5.74) is 7.54. The molecule has 0 saturated heterocycles. The smallest absolute Gasteiger partial charge is 0.225 e. The number of fused-ring (bicyclic) bond motifs is 1. The molecule has 1 aliphatic rings. The van der Waals surface area contributed by atoms with Gasteiger partial charge in [0.1, 0.15) is 5.69 Å². The second kappa shape index (κ2) is 8.17. The molecule has 2 heterocycles. The number of aromatic nitrogens is 2. The summed E-state index contributed by atoms with van der Waals surface area (Å²) in [6.45, 7) is 2.98. The Morgan fingerprint density at radius 2 is 2.09 bits per heavy atom. The normalized spacial score (nSPS) is 16.3.